The van der Waals surface area contributed by atoms with Crippen LogP contribution >= 0.6 is 36.7 Å². The van der Waals surface area contributed by atoms with E-state index in [1.807, 2.05) is 116 Å². The Morgan fingerprint density at radius 3 is 1.16 bits per heavy atom. The van der Waals surface area contributed by atoms with Gasteiger partial charge in [0.1, 0.15) is 41.2 Å². The van der Waals surface area contributed by atoms with Crippen molar-refractivity contribution in [3.8, 4) is 0 Å². The van der Waals surface area contributed by atoms with Gasteiger partial charge < -0.3 is 62.3 Å². The molecule has 490 valence electrons. The first-order valence-corrected chi connectivity index (χ1v) is 31.9. The SMILES string of the molecule is CC(C)(C)OC(=O)NCC(=O)Nc1ccccc1CCC(=S)CCc1ccnc2[nH]ccc12.CC(C)(C)OC(=O)NCC(=O)O.NCC(=O)Nc1ccccc1CCC(=S)CCc1ccnc2[nH]ccc12.Nc1ccccc1CCC(=S)CCc1ccnc2[nH]ccc12. The number of nitrogens with one attached hydrogen (secondary N) is 7. The average Bonchev–Trinajstić information content (AvgIpc) is 2.23. The van der Waals surface area contributed by atoms with Gasteiger partial charge in [0.15, 0.2) is 0 Å². The number of carbonyl (C=O) groups excluding carboxylic acids is 4. The van der Waals surface area contributed by atoms with Crippen molar-refractivity contribution in [1.82, 2.24) is 40.5 Å². The average molecular weight is 1320 g/mol. The molecule has 12 N–H and O–H groups in total. The minimum Gasteiger partial charge on any atom is -0.480 e. The van der Waals surface area contributed by atoms with E-state index in [9.17, 15) is 24.0 Å². The molecule has 9 aromatic rings. The third-order valence-electron chi connectivity index (χ3n) is 14.1. The minimum atomic E-state index is -1.10. The molecule has 6 aromatic heterocycles. The molecule has 20 nitrogen and oxygen atoms in total. The molecule has 0 radical (unpaired) electrons. The van der Waals surface area contributed by atoms with E-state index in [-0.39, 0.29) is 24.9 Å². The van der Waals surface area contributed by atoms with E-state index in [0.29, 0.717) is 0 Å². The Labute approximate surface area is 558 Å². The molecule has 3 aromatic carbocycles. The highest BCUT2D eigenvalue weighted by Gasteiger charge is 2.19. The first kappa shape index (κ1) is 72.8. The Kier molecular flexibility index (Phi) is 28.7. The van der Waals surface area contributed by atoms with Gasteiger partial charge in [0, 0.05) is 70.4 Å². The minimum absolute atomic E-state index is 0.0215. The molecule has 0 unspecified atom stereocenters. The van der Waals surface area contributed by atoms with Crippen molar-refractivity contribution < 1.29 is 38.6 Å². The number of carboxylic acid groups (broad SMARTS) is 1. The number of anilines is 3. The Hall–Kier alpha value is -9.29. The molecule has 0 aliphatic carbocycles. The number of hydrogen-bond donors (Lipinski definition) is 10. The summed E-state index contributed by atoms with van der Waals surface area (Å²) in [6, 6.07) is 35.7. The van der Waals surface area contributed by atoms with Crippen molar-refractivity contribution in [2.75, 3.05) is 36.0 Å². The second-order valence-corrected chi connectivity index (χ2v) is 25.4. The number of aryl methyl sites for hydroxylation is 6. The number of ether oxygens (including phenoxy) is 2. The summed E-state index contributed by atoms with van der Waals surface area (Å²) in [7, 11) is 0. The second-order valence-electron chi connectivity index (χ2n) is 23.7. The number of fused-ring (bicyclic) bond motifs is 3. The van der Waals surface area contributed by atoms with Gasteiger partial charge >= 0.3 is 18.2 Å². The fourth-order valence-electron chi connectivity index (χ4n) is 9.53. The predicted molar refractivity (Wildman–Crippen MR) is 382 cm³/mol. The lowest BCUT2D eigenvalue weighted by atomic mass is 10.0. The number of thiocarbonyl (C=S) groups is 3. The molecule has 0 aliphatic rings. The summed E-state index contributed by atoms with van der Waals surface area (Å²) >= 11 is 16.7. The summed E-state index contributed by atoms with van der Waals surface area (Å²) in [6.45, 7) is 9.80. The van der Waals surface area contributed by atoms with E-state index in [0.717, 1.165) is 148 Å². The highest BCUT2D eigenvalue weighted by atomic mass is 32.1. The van der Waals surface area contributed by atoms with Crippen LogP contribution in [0.5, 0.6) is 0 Å². The van der Waals surface area contributed by atoms with E-state index in [4.69, 9.17) is 62.7 Å². The largest absolute Gasteiger partial charge is 0.480 e. The van der Waals surface area contributed by atoms with E-state index >= 15 is 0 Å². The van der Waals surface area contributed by atoms with Gasteiger partial charge in [-0.2, -0.15) is 0 Å². The zero-order valence-corrected chi connectivity index (χ0v) is 55.9. The lowest BCUT2D eigenvalue weighted by Gasteiger charge is -2.19. The standard InChI is InChI=1S/C25H30N4O3S.C20H22N4OS.C18H19N3S.C7H13NO4/c1-25(2,3)32-24(31)28-16-22(30)29-21-7-5-4-6-18(21)9-11-19(33)10-8-17-12-14-26-23-20(17)13-15-27-23;21-13-19(25)24-18-4-2-1-3-15(18)6-8-16(26)7-5-14-9-11-22-20-17(14)10-12-23-20;19-17-4-2-1-3-14(17)6-8-15(22)7-5-13-9-11-20-18-16(13)10-12-21-18;1-7(2,3)12-6(11)8-4-5(9)10/h4-7,12-15H,8-11,16H2,1-3H3,(H,26,27)(H,28,31)(H,29,30);1-4,9-12H,5-8,13,21H2,(H,22,23)(H,24,25);1-4,9-12H,5-8,19H2,(H,20,21);4H2,1-3H3,(H,8,11)(H,9,10). The van der Waals surface area contributed by atoms with Crippen LogP contribution in [0, 0.1) is 0 Å². The number of nitrogen functional groups attached to an aromatic ring is 1. The summed E-state index contributed by atoms with van der Waals surface area (Å²) in [5.74, 6) is -1.60. The predicted octanol–water partition coefficient (Wildman–Crippen LogP) is 13.0. The number of carboxylic acids is 1. The molecular weight excluding hydrogens is 1230 g/mol. The molecule has 9 rings (SSSR count). The smallest absolute Gasteiger partial charge is 0.408 e. The van der Waals surface area contributed by atoms with Gasteiger partial charge in [-0.15, -0.1) is 0 Å². The monoisotopic (exact) mass is 1320 g/mol. The number of amides is 4. The van der Waals surface area contributed by atoms with Crippen LogP contribution in [-0.2, 0) is 62.4 Å². The molecular formula is C70H84N12O8S3. The van der Waals surface area contributed by atoms with Crippen LogP contribution in [0.4, 0.5) is 26.7 Å². The number of alkyl carbamates (subject to hydrolysis) is 2. The summed E-state index contributed by atoms with van der Waals surface area (Å²) in [4.78, 5) is 81.8. The van der Waals surface area contributed by atoms with Gasteiger partial charge in [0.2, 0.25) is 11.8 Å². The van der Waals surface area contributed by atoms with Crippen LogP contribution in [0.3, 0.4) is 0 Å². The van der Waals surface area contributed by atoms with Gasteiger partial charge in [0.05, 0.1) is 6.54 Å². The fourth-order valence-corrected chi connectivity index (χ4v) is 10.1. The van der Waals surface area contributed by atoms with E-state index < -0.39 is 35.9 Å². The molecule has 0 fully saturated rings. The maximum Gasteiger partial charge on any atom is 0.408 e. The zero-order chi connectivity index (χ0) is 67.3. The van der Waals surface area contributed by atoms with Crippen molar-refractivity contribution in [1.29, 1.82) is 0 Å². The summed E-state index contributed by atoms with van der Waals surface area (Å²) in [5.41, 5.74) is 22.3. The van der Waals surface area contributed by atoms with Crippen molar-refractivity contribution in [3.05, 3.63) is 180 Å². The van der Waals surface area contributed by atoms with E-state index in [2.05, 4.69) is 81.5 Å². The number of rotatable bonds is 25. The van der Waals surface area contributed by atoms with Crippen LogP contribution in [0.15, 0.2) is 146 Å². The molecule has 23 heteroatoms. The quantitative estimate of drug-likeness (QED) is 0.0188. The van der Waals surface area contributed by atoms with Crippen molar-refractivity contribution in [2.24, 2.45) is 5.73 Å². The Morgan fingerprint density at radius 2 is 0.796 bits per heavy atom. The molecule has 4 amide bonds. The Balaban J connectivity index is 0.000000207. The molecule has 0 atom stereocenters. The molecule has 0 bridgehead atoms. The second kappa shape index (κ2) is 36.7. The topological polar surface area (TPSA) is 310 Å². The molecule has 0 saturated heterocycles. The third-order valence-corrected chi connectivity index (χ3v) is 15.3. The summed E-state index contributed by atoms with van der Waals surface area (Å²) in [6.07, 6.45) is 20.1. The van der Waals surface area contributed by atoms with Gasteiger partial charge in [-0.1, -0.05) is 91.3 Å². The number of H-pyrrole nitrogens is 3. The zero-order valence-electron chi connectivity index (χ0n) is 53.5. The summed E-state index contributed by atoms with van der Waals surface area (Å²) in [5, 5.41) is 21.9. The molecule has 93 heavy (non-hydrogen) atoms. The van der Waals surface area contributed by atoms with Gasteiger partial charge in [0.25, 0.3) is 0 Å². The van der Waals surface area contributed by atoms with Crippen molar-refractivity contribution in [2.45, 2.75) is 130 Å². The van der Waals surface area contributed by atoms with E-state index in [1.54, 1.807) is 41.5 Å². The fraction of sp³-hybridized carbons (Fsp3) is 0.329. The van der Waals surface area contributed by atoms with Crippen LogP contribution < -0.4 is 32.7 Å². The lowest BCUT2D eigenvalue weighted by Crippen LogP contribution is -2.37. The first-order chi connectivity index (χ1) is 44.4. The van der Waals surface area contributed by atoms with E-state index in [1.165, 1.54) is 27.6 Å². The maximum atomic E-state index is 12.3. The van der Waals surface area contributed by atoms with Gasteiger partial charge in [-0.3, -0.25) is 14.4 Å². The van der Waals surface area contributed by atoms with Crippen molar-refractivity contribution in [3.63, 3.8) is 0 Å². The number of aromatic nitrogens is 6. The number of aliphatic carboxylic acids is 1. The van der Waals surface area contributed by atoms with Crippen LogP contribution in [0.25, 0.3) is 33.1 Å². The third kappa shape index (κ3) is 26.1. The maximum absolute atomic E-state index is 12.3. The number of nitrogens with zero attached hydrogens (tertiary/aromatic N) is 3. The van der Waals surface area contributed by atoms with Crippen molar-refractivity contribution >= 4 is 131 Å². The number of pyridine rings is 3. The Morgan fingerprint density at radius 1 is 0.462 bits per heavy atom. The number of hydrogen-bond acceptors (Lipinski definition) is 15. The number of carbonyl (C=O) groups is 5. The number of para-hydroxylation sites is 3. The lowest BCUT2D eigenvalue weighted by molar-refractivity contribution is -0.136. The van der Waals surface area contributed by atoms with Gasteiger partial charge in [-0.05, 0) is 221 Å². The first-order valence-electron chi connectivity index (χ1n) is 30.7. The molecule has 0 saturated carbocycles. The highest BCUT2D eigenvalue weighted by Crippen LogP contribution is 2.24. The van der Waals surface area contributed by atoms with Crippen LogP contribution in [-0.4, -0.2) is 110 Å². The Bertz CT molecular complexity index is 3980. The number of benzene rings is 3. The van der Waals surface area contributed by atoms with Gasteiger partial charge in [-0.25, -0.2) is 24.5 Å². The number of aromatic amines is 3. The summed E-state index contributed by atoms with van der Waals surface area (Å²) < 4.78 is 9.93. The van der Waals surface area contributed by atoms with Crippen LogP contribution in [0.1, 0.15) is 113 Å². The molecule has 0 spiro atoms. The molecule has 0 aliphatic heterocycles. The van der Waals surface area contributed by atoms with Crippen LogP contribution in [0.2, 0.25) is 0 Å². The highest BCUT2D eigenvalue weighted by molar-refractivity contribution is 7.80. The normalized spacial score (nSPS) is 11.0. The molecule has 6 heterocycles. The number of nitrogens with two attached hydrogens (primary N) is 2.